The molecule has 1 heterocycles. The second-order valence-corrected chi connectivity index (χ2v) is 3.47. The van der Waals surface area contributed by atoms with Crippen LogP contribution in [0.25, 0.3) is 0 Å². The van der Waals surface area contributed by atoms with Crippen LogP contribution < -0.4 is 0 Å². The number of pyridine rings is 1. The summed E-state index contributed by atoms with van der Waals surface area (Å²) in [5.74, 6) is 0. The molecule has 0 bridgehead atoms. The summed E-state index contributed by atoms with van der Waals surface area (Å²) in [5, 5.41) is 0.587. The van der Waals surface area contributed by atoms with Crippen molar-refractivity contribution in [3.8, 4) is 0 Å². The first-order chi connectivity index (χ1) is 4.72. The van der Waals surface area contributed by atoms with E-state index in [0.29, 0.717) is 5.15 Å². The molecule has 0 spiro atoms. The average molecular weight is 267 g/mol. The van der Waals surface area contributed by atoms with Crippen LogP contribution in [-0.2, 0) is 6.42 Å². The molecule has 0 atom stereocenters. The fraction of sp³-hybridized carbons (Fsp3) is 0.286. The first kappa shape index (κ1) is 8.27. The van der Waals surface area contributed by atoms with Gasteiger partial charge in [0.1, 0.15) is 8.85 Å². The van der Waals surface area contributed by atoms with E-state index in [1.807, 2.05) is 12.1 Å². The lowest BCUT2D eigenvalue weighted by molar-refractivity contribution is 1.11. The van der Waals surface area contributed by atoms with Crippen LogP contribution in [0.5, 0.6) is 0 Å². The molecule has 0 unspecified atom stereocenters. The quantitative estimate of drug-likeness (QED) is 0.563. The highest BCUT2D eigenvalue weighted by molar-refractivity contribution is 14.1. The van der Waals surface area contributed by atoms with Crippen molar-refractivity contribution in [3.05, 3.63) is 26.5 Å². The third-order valence-corrected chi connectivity index (χ3v) is 1.98. The summed E-state index contributed by atoms with van der Waals surface area (Å²) in [6.07, 6.45) is 1.01. The van der Waals surface area contributed by atoms with Crippen molar-refractivity contribution in [2.45, 2.75) is 13.3 Å². The number of hydrogen-bond donors (Lipinski definition) is 0. The van der Waals surface area contributed by atoms with Crippen molar-refractivity contribution >= 4 is 34.2 Å². The summed E-state index contributed by atoms with van der Waals surface area (Å²) in [4.78, 5) is 4.03. The average Bonchev–Trinajstić information content (AvgIpc) is 1.85. The zero-order valence-electron chi connectivity index (χ0n) is 5.56. The zero-order chi connectivity index (χ0) is 7.56. The maximum atomic E-state index is 5.71. The van der Waals surface area contributed by atoms with Crippen LogP contribution in [0.3, 0.4) is 0 Å². The van der Waals surface area contributed by atoms with Crippen molar-refractivity contribution in [1.29, 1.82) is 0 Å². The maximum Gasteiger partial charge on any atom is 0.130 e. The molecule has 0 saturated heterocycles. The molecule has 0 N–H and O–H groups in total. The van der Waals surface area contributed by atoms with E-state index in [2.05, 4.69) is 34.5 Å². The summed E-state index contributed by atoms with van der Waals surface area (Å²) in [5.41, 5.74) is 1.24. The fourth-order valence-electron chi connectivity index (χ4n) is 0.718. The summed E-state index contributed by atoms with van der Waals surface area (Å²) >= 11 is 7.87. The Morgan fingerprint density at radius 3 is 2.80 bits per heavy atom. The SMILES string of the molecule is CCc1cc(Cl)nc(I)c1. The molecule has 0 saturated carbocycles. The molecule has 0 aliphatic rings. The van der Waals surface area contributed by atoms with E-state index < -0.39 is 0 Å². The number of nitrogens with zero attached hydrogens (tertiary/aromatic N) is 1. The molecule has 10 heavy (non-hydrogen) atoms. The normalized spacial score (nSPS) is 9.90. The van der Waals surface area contributed by atoms with Gasteiger partial charge in [0.2, 0.25) is 0 Å². The van der Waals surface area contributed by atoms with Crippen LogP contribution in [-0.4, -0.2) is 4.98 Å². The largest absolute Gasteiger partial charge is 0.230 e. The molecule has 0 aliphatic heterocycles. The van der Waals surface area contributed by atoms with Gasteiger partial charge < -0.3 is 0 Å². The van der Waals surface area contributed by atoms with E-state index in [-0.39, 0.29) is 0 Å². The molecule has 3 heteroatoms. The van der Waals surface area contributed by atoms with E-state index in [1.165, 1.54) is 5.56 Å². The van der Waals surface area contributed by atoms with Gasteiger partial charge in [0.05, 0.1) is 0 Å². The zero-order valence-corrected chi connectivity index (χ0v) is 8.48. The standard InChI is InChI=1S/C7H7ClIN/c1-2-5-3-6(8)10-7(9)4-5/h3-4H,2H2,1H3. The third-order valence-electron chi connectivity index (χ3n) is 1.23. The van der Waals surface area contributed by atoms with Crippen molar-refractivity contribution in [2.75, 3.05) is 0 Å². The Hall–Kier alpha value is 0.170. The predicted octanol–water partition coefficient (Wildman–Crippen LogP) is 2.90. The molecule has 0 aliphatic carbocycles. The topological polar surface area (TPSA) is 12.9 Å². The molecule has 1 nitrogen and oxygen atoms in total. The van der Waals surface area contributed by atoms with Gasteiger partial charge in [0, 0.05) is 0 Å². The monoisotopic (exact) mass is 267 g/mol. The minimum Gasteiger partial charge on any atom is -0.230 e. The highest BCUT2D eigenvalue weighted by atomic mass is 127. The van der Waals surface area contributed by atoms with Gasteiger partial charge in [-0.15, -0.1) is 0 Å². The smallest absolute Gasteiger partial charge is 0.130 e. The molecular formula is C7H7ClIN. The minimum atomic E-state index is 0.587. The van der Waals surface area contributed by atoms with E-state index in [0.717, 1.165) is 10.1 Å². The molecule has 1 rings (SSSR count). The highest BCUT2D eigenvalue weighted by Gasteiger charge is 1.95. The lowest BCUT2D eigenvalue weighted by Crippen LogP contribution is -1.85. The Balaban J connectivity index is 3.06. The lowest BCUT2D eigenvalue weighted by atomic mass is 10.2. The second-order valence-electron chi connectivity index (χ2n) is 1.97. The Kier molecular flexibility index (Phi) is 2.92. The summed E-state index contributed by atoms with van der Waals surface area (Å²) in [6.45, 7) is 2.10. The molecular weight excluding hydrogens is 260 g/mol. The molecule has 54 valence electrons. The Bertz CT molecular complexity index is 217. The fourth-order valence-corrected chi connectivity index (χ4v) is 1.75. The third kappa shape index (κ3) is 2.09. The number of halogens is 2. The number of aryl methyl sites for hydroxylation is 1. The maximum absolute atomic E-state index is 5.71. The summed E-state index contributed by atoms with van der Waals surface area (Å²) in [7, 11) is 0. The van der Waals surface area contributed by atoms with E-state index >= 15 is 0 Å². The Morgan fingerprint density at radius 1 is 1.60 bits per heavy atom. The Morgan fingerprint density at radius 2 is 2.30 bits per heavy atom. The van der Waals surface area contributed by atoms with Crippen LogP contribution in [0.2, 0.25) is 5.15 Å². The van der Waals surface area contributed by atoms with Gasteiger partial charge in [-0.2, -0.15) is 0 Å². The van der Waals surface area contributed by atoms with Gasteiger partial charge in [0.25, 0.3) is 0 Å². The minimum absolute atomic E-state index is 0.587. The van der Waals surface area contributed by atoms with Crippen LogP contribution >= 0.6 is 34.2 Å². The van der Waals surface area contributed by atoms with Gasteiger partial charge in [0.15, 0.2) is 0 Å². The molecule has 0 fully saturated rings. The van der Waals surface area contributed by atoms with Crippen LogP contribution in [0, 0.1) is 3.70 Å². The van der Waals surface area contributed by atoms with Crippen LogP contribution in [0.1, 0.15) is 12.5 Å². The van der Waals surface area contributed by atoms with Gasteiger partial charge in [-0.25, -0.2) is 4.98 Å². The van der Waals surface area contributed by atoms with Crippen LogP contribution in [0.4, 0.5) is 0 Å². The number of rotatable bonds is 1. The molecule has 0 amide bonds. The van der Waals surface area contributed by atoms with E-state index in [4.69, 9.17) is 11.6 Å². The first-order valence-electron chi connectivity index (χ1n) is 3.04. The second kappa shape index (κ2) is 3.53. The highest BCUT2D eigenvalue weighted by Crippen LogP contribution is 2.12. The summed E-state index contributed by atoms with van der Waals surface area (Å²) in [6, 6.07) is 3.93. The summed E-state index contributed by atoms with van der Waals surface area (Å²) < 4.78 is 0.960. The first-order valence-corrected chi connectivity index (χ1v) is 4.50. The number of hydrogen-bond acceptors (Lipinski definition) is 1. The van der Waals surface area contributed by atoms with Crippen molar-refractivity contribution in [1.82, 2.24) is 4.98 Å². The van der Waals surface area contributed by atoms with Gasteiger partial charge in [-0.05, 0) is 46.7 Å². The lowest BCUT2D eigenvalue weighted by Gasteiger charge is -1.96. The van der Waals surface area contributed by atoms with Gasteiger partial charge in [-0.3, -0.25) is 0 Å². The van der Waals surface area contributed by atoms with Crippen molar-refractivity contribution in [2.24, 2.45) is 0 Å². The van der Waals surface area contributed by atoms with Gasteiger partial charge in [-0.1, -0.05) is 18.5 Å². The van der Waals surface area contributed by atoms with Crippen molar-refractivity contribution in [3.63, 3.8) is 0 Å². The van der Waals surface area contributed by atoms with Crippen LogP contribution in [0.15, 0.2) is 12.1 Å². The van der Waals surface area contributed by atoms with E-state index in [1.54, 1.807) is 0 Å². The number of aromatic nitrogens is 1. The van der Waals surface area contributed by atoms with Gasteiger partial charge >= 0.3 is 0 Å². The molecule has 0 aromatic carbocycles. The predicted molar refractivity (Wildman–Crippen MR) is 51.3 cm³/mol. The van der Waals surface area contributed by atoms with E-state index in [9.17, 15) is 0 Å². The molecule has 0 radical (unpaired) electrons. The van der Waals surface area contributed by atoms with Crippen molar-refractivity contribution < 1.29 is 0 Å². The Labute approximate surface area is 78.9 Å². The molecule has 1 aromatic rings. The molecule has 1 aromatic heterocycles.